The van der Waals surface area contributed by atoms with Crippen LogP contribution in [-0.4, -0.2) is 25.5 Å². The van der Waals surface area contributed by atoms with Crippen LogP contribution < -0.4 is 14.4 Å². The second kappa shape index (κ2) is 4.68. The minimum absolute atomic E-state index is 0.0929. The number of ether oxygens (including phenoxy) is 2. The van der Waals surface area contributed by atoms with Crippen LogP contribution in [0.2, 0.25) is 0 Å². The van der Waals surface area contributed by atoms with Crippen molar-refractivity contribution in [1.82, 2.24) is 0 Å². The second-order valence-corrected chi connectivity index (χ2v) is 4.32. The van der Waals surface area contributed by atoms with Crippen LogP contribution in [0, 0.1) is 6.92 Å². The zero-order valence-electron chi connectivity index (χ0n) is 10.6. The van der Waals surface area contributed by atoms with Crippen molar-refractivity contribution in [2.45, 2.75) is 20.3 Å². The number of ketones is 1. The number of hydrogen-bond acceptors (Lipinski definition) is 4. The lowest BCUT2D eigenvalue weighted by Crippen LogP contribution is -2.28. The van der Waals surface area contributed by atoms with Crippen molar-refractivity contribution in [3.63, 3.8) is 0 Å². The first-order chi connectivity index (χ1) is 8.49. The minimum atomic E-state index is -0.232. The largest absolute Gasteiger partial charge is 0.454 e. The Labute approximate surface area is 105 Å². The average Bonchev–Trinajstić information content (AvgIpc) is 2.72. The maximum atomic E-state index is 11.8. The third kappa shape index (κ3) is 2.30. The Bertz CT molecular complexity index is 510. The molecule has 0 unspecified atom stereocenters. The van der Waals surface area contributed by atoms with E-state index in [0.29, 0.717) is 11.5 Å². The van der Waals surface area contributed by atoms with Gasteiger partial charge in [0, 0.05) is 13.1 Å². The zero-order valence-corrected chi connectivity index (χ0v) is 10.6. The van der Waals surface area contributed by atoms with E-state index in [1.807, 2.05) is 13.0 Å². The first-order valence-electron chi connectivity index (χ1n) is 5.65. The number of amides is 1. The molecule has 0 fully saturated rings. The van der Waals surface area contributed by atoms with Crippen LogP contribution in [0.15, 0.2) is 12.1 Å². The van der Waals surface area contributed by atoms with Crippen LogP contribution in [-0.2, 0) is 9.59 Å². The summed E-state index contributed by atoms with van der Waals surface area (Å²) in [6.45, 7) is 3.48. The molecule has 0 saturated heterocycles. The van der Waals surface area contributed by atoms with Gasteiger partial charge in [-0.3, -0.25) is 9.59 Å². The Balaban J connectivity index is 2.28. The molecule has 18 heavy (non-hydrogen) atoms. The Hall–Kier alpha value is -2.04. The Morgan fingerprint density at radius 1 is 1.28 bits per heavy atom. The molecule has 1 aliphatic heterocycles. The van der Waals surface area contributed by atoms with Gasteiger partial charge in [0.15, 0.2) is 11.5 Å². The maximum absolute atomic E-state index is 11.8. The van der Waals surface area contributed by atoms with E-state index in [1.54, 1.807) is 13.1 Å². The van der Waals surface area contributed by atoms with Crippen molar-refractivity contribution in [2.75, 3.05) is 18.7 Å². The highest BCUT2D eigenvalue weighted by Crippen LogP contribution is 2.37. The third-order valence-electron chi connectivity index (χ3n) is 2.83. The monoisotopic (exact) mass is 249 g/mol. The fraction of sp³-hybridized carbons (Fsp3) is 0.385. The molecule has 1 amide bonds. The molecule has 96 valence electrons. The topological polar surface area (TPSA) is 55.8 Å². The van der Waals surface area contributed by atoms with Gasteiger partial charge in [-0.1, -0.05) is 0 Å². The van der Waals surface area contributed by atoms with Crippen molar-refractivity contribution in [3.8, 4) is 11.5 Å². The van der Waals surface area contributed by atoms with Crippen molar-refractivity contribution in [1.29, 1.82) is 0 Å². The summed E-state index contributed by atoms with van der Waals surface area (Å²) >= 11 is 0. The van der Waals surface area contributed by atoms with E-state index in [2.05, 4.69) is 0 Å². The van der Waals surface area contributed by atoms with Crippen molar-refractivity contribution >= 4 is 17.4 Å². The second-order valence-electron chi connectivity index (χ2n) is 4.32. The van der Waals surface area contributed by atoms with Gasteiger partial charge in [-0.2, -0.15) is 0 Å². The van der Waals surface area contributed by atoms with Crippen LogP contribution in [0.25, 0.3) is 0 Å². The van der Waals surface area contributed by atoms with E-state index in [0.717, 1.165) is 11.3 Å². The molecule has 0 radical (unpaired) electrons. The molecule has 0 aromatic heterocycles. The number of aryl methyl sites for hydroxylation is 1. The van der Waals surface area contributed by atoms with Gasteiger partial charge >= 0.3 is 0 Å². The van der Waals surface area contributed by atoms with E-state index < -0.39 is 0 Å². The number of Topliss-reactive ketones (excluding diaryl/α,β-unsaturated/α-hetero) is 1. The van der Waals surface area contributed by atoms with Gasteiger partial charge in [0.2, 0.25) is 12.7 Å². The predicted octanol–water partition coefficient (Wildman–Crippen LogP) is 1.67. The number of benzene rings is 1. The zero-order chi connectivity index (χ0) is 13.3. The molecular formula is C13H15NO4. The van der Waals surface area contributed by atoms with Gasteiger partial charge in [0.1, 0.15) is 5.78 Å². The predicted molar refractivity (Wildman–Crippen MR) is 66.0 cm³/mol. The SMILES string of the molecule is CC(=O)CC(=O)N(C)c1cc2c(cc1C)OCO2. The number of fused-ring (bicyclic) bond motifs is 1. The molecule has 2 rings (SSSR count). The van der Waals surface area contributed by atoms with E-state index in [1.165, 1.54) is 11.8 Å². The normalized spacial score (nSPS) is 12.4. The maximum Gasteiger partial charge on any atom is 0.234 e. The number of carbonyl (C=O) groups is 2. The first-order valence-corrected chi connectivity index (χ1v) is 5.65. The summed E-state index contributed by atoms with van der Waals surface area (Å²) < 4.78 is 10.5. The van der Waals surface area contributed by atoms with Gasteiger partial charge in [-0.15, -0.1) is 0 Å². The summed E-state index contributed by atoms with van der Waals surface area (Å²) in [5.41, 5.74) is 1.63. The Morgan fingerprint density at radius 2 is 1.89 bits per heavy atom. The Morgan fingerprint density at radius 3 is 2.50 bits per heavy atom. The fourth-order valence-corrected chi connectivity index (χ4v) is 1.86. The molecule has 5 nitrogen and oxygen atoms in total. The molecule has 0 N–H and O–H groups in total. The number of hydrogen-bond donors (Lipinski definition) is 0. The van der Waals surface area contributed by atoms with Gasteiger partial charge in [-0.25, -0.2) is 0 Å². The average molecular weight is 249 g/mol. The van der Waals surface area contributed by atoms with E-state index in [9.17, 15) is 9.59 Å². The van der Waals surface area contributed by atoms with Crippen LogP contribution in [0.3, 0.4) is 0 Å². The highest BCUT2D eigenvalue weighted by atomic mass is 16.7. The Kier molecular flexibility index (Phi) is 3.23. The summed E-state index contributed by atoms with van der Waals surface area (Å²) in [6.07, 6.45) is -0.0929. The van der Waals surface area contributed by atoms with Crippen LogP contribution in [0.4, 0.5) is 5.69 Å². The van der Waals surface area contributed by atoms with Crippen LogP contribution in [0.5, 0.6) is 11.5 Å². The number of rotatable bonds is 3. The van der Waals surface area contributed by atoms with Crippen molar-refractivity contribution in [3.05, 3.63) is 17.7 Å². The highest BCUT2D eigenvalue weighted by Gasteiger charge is 2.20. The highest BCUT2D eigenvalue weighted by molar-refractivity contribution is 6.05. The van der Waals surface area contributed by atoms with Gasteiger partial charge in [-0.05, 0) is 25.5 Å². The van der Waals surface area contributed by atoms with E-state index in [4.69, 9.17) is 9.47 Å². The number of carbonyl (C=O) groups excluding carboxylic acids is 2. The summed E-state index contributed by atoms with van der Waals surface area (Å²) in [5, 5.41) is 0. The van der Waals surface area contributed by atoms with Gasteiger partial charge in [0.25, 0.3) is 0 Å². The van der Waals surface area contributed by atoms with E-state index in [-0.39, 0.29) is 24.9 Å². The molecular weight excluding hydrogens is 234 g/mol. The summed E-state index contributed by atoms with van der Waals surface area (Å²) in [7, 11) is 1.65. The molecule has 0 bridgehead atoms. The smallest absolute Gasteiger partial charge is 0.234 e. The number of anilines is 1. The van der Waals surface area contributed by atoms with Crippen LogP contribution in [0.1, 0.15) is 18.9 Å². The lowest BCUT2D eigenvalue weighted by molar-refractivity contribution is -0.125. The van der Waals surface area contributed by atoms with Gasteiger partial charge in [0.05, 0.1) is 12.1 Å². The molecule has 1 heterocycles. The van der Waals surface area contributed by atoms with Crippen LogP contribution >= 0.6 is 0 Å². The number of nitrogens with zero attached hydrogens (tertiary/aromatic N) is 1. The third-order valence-corrected chi connectivity index (χ3v) is 2.83. The molecule has 0 atom stereocenters. The molecule has 0 saturated carbocycles. The molecule has 1 aromatic carbocycles. The first kappa shape index (κ1) is 12.4. The quantitative estimate of drug-likeness (QED) is 0.764. The lowest BCUT2D eigenvalue weighted by Gasteiger charge is -2.19. The van der Waals surface area contributed by atoms with E-state index >= 15 is 0 Å². The van der Waals surface area contributed by atoms with Gasteiger partial charge < -0.3 is 14.4 Å². The van der Waals surface area contributed by atoms with Crippen molar-refractivity contribution in [2.24, 2.45) is 0 Å². The lowest BCUT2D eigenvalue weighted by atomic mass is 10.1. The minimum Gasteiger partial charge on any atom is -0.454 e. The molecule has 1 aliphatic rings. The summed E-state index contributed by atoms with van der Waals surface area (Å²) in [6, 6.07) is 3.59. The summed E-state index contributed by atoms with van der Waals surface area (Å²) in [5.74, 6) is 0.927. The molecule has 0 spiro atoms. The summed E-state index contributed by atoms with van der Waals surface area (Å²) in [4.78, 5) is 24.3. The molecule has 0 aliphatic carbocycles. The fourth-order valence-electron chi connectivity index (χ4n) is 1.86. The standard InChI is InChI=1S/C13H15NO4/c1-8-4-11-12(18-7-17-11)6-10(8)14(3)13(16)5-9(2)15/h4,6H,5,7H2,1-3H3. The molecule has 5 heteroatoms. The molecule has 1 aromatic rings. The van der Waals surface area contributed by atoms with Crippen molar-refractivity contribution < 1.29 is 19.1 Å².